The highest BCUT2D eigenvalue weighted by atomic mass is 35.5. The molecule has 0 bridgehead atoms. The molecule has 1 spiro atoms. The molecular formula is C37H30ClN3O4S. The summed E-state index contributed by atoms with van der Waals surface area (Å²) in [6.45, 7) is 2.02. The second kappa shape index (κ2) is 11.9. The average molecular weight is 648 g/mol. The van der Waals surface area contributed by atoms with Crippen LogP contribution in [0, 0.1) is 6.92 Å². The van der Waals surface area contributed by atoms with Crippen molar-refractivity contribution >= 4 is 39.1 Å². The molecule has 7 rings (SSSR count). The van der Waals surface area contributed by atoms with Crippen molar-refractivity contribution in [3.63, 3.8) is 0 Å². The lowest BCUT2D eigenvalue weighted by Crippen LogP contribution is -2.44. The number of halogens is 1. The summed E-state index contributed by atoms with van der Waals surface area (Å²) in [5, 5.41) is 5.18. The number of anilines is 1. The summed E-state index contributed by atoms with van der Waals surface area (Å²) in [6.07, 6.45) is 0. The number of sulfonamides is 1. The predicted molar refractivity (Wildman–Crippen MR) is 179 cm³/mol. The van der Waals surface area contributed by atoms with E-state index in [1.165, 1.54) is 5.06 Å². The fourth-order valence-corrected chi connectivity index (χ4v) is 7.82. The molecule has 1 fully saturated rings. The number of aryl methyl sites for hydroxylation is 1. The quantitative estimate of drug-likeness (QED) is 0.197. The third kappa shape index (κ3) is 5.08. The number of hydroxylamine groups is 2. The highest BCUT2D eigenvalue weighted by Crippen LogP contribution is 2.62. The van der Waals surface area contributed by atoms with Gasteiger partial charge in [0.1, 0.15) is 18.5 Å². The first-order chi connectivity index (χ1) is 22.3. The van der Waals surface area contributed by atoms with Gasteiger partial charge in [-0.3, -0.25) is 9.63 Å². The molecular weight excluding hydrogens is 618 g/mol. The Morgan fingerprint density at radius 3 is 2.09 bits per heavy atom. The molecule has 9 heteroatoms. The fraction of sp³-hybridized carbons (Fsp3) is 0.135. The van der Waals surface area contributed by atoms with Crippen LogP contribution in [-0.2, 0) is 31.7 Å². The molecule has 0 radical (unpaired) electrons. The second-order valence-corrected chi connectivity index (χ2v) is 13.5. The van der Waals surface area contributed by atoms with Crippen LogP contribution in [0.1, 0.15) is 39.8 Å². The standard InChI is InChI=1S/C37H30ClN3O4S/c1-25-17-20-30(21-18-25)46(43,44)40-36-37(31-22-19-29(38)23-32(31)39-36)33(27-13-7-3-8-14-27)35(42)41(34(37)28-15-9-4-10-16-28)45-24-26-11-5-2-6-12-26/h2-23,33-34H,24H2,1H3,(H,39,40). The van der Waals surface area contributed by atoms with Gasteiger partial charge < -0.3 is 5.32 Å². The van der Waals surface area contributed by atoms with Crippen molar-refractivity contribution in [3.05, 3.63) is 166 Å². The van der Waals surface area contributed by atoms with Gasteiger partial charge in [0, 0.05) is 10.7 Å². The van der Waals surface area contributed by atoms with Crippen LogP contribution < -0.4 is 5.32 Å². The lowest BCUT2D eigenvalue weighted by atomic mass is 9.64. The molecule has 3 unspecified atom stereocenters. The van der Waals surface area contributed by atoms with E-state index in [4.69, 9.17) is 16.4 Å². The van der Waals surface area contributed by atoms with Crippen molar-refractivity contribution in [2.45, 2.75) is 35.8 Å². The molecule has 0 aliphatic carbocycles. The topological polar surface area (TPSA) is 88.1 Å². The van der Waals surface area contributed by atoms with Gasteiger partial charge in [0.15, 0.2) is 0 Å². The molecule has 1 amide bonds. The molecule has 2 aliphatic heterocycles. The molecule has 1 saturated heterocycles. The molecule has 0 saturated carbocycles. The SMILES string of the molecule is Cc1ccc(S(=O)(=O)/N=C2\Nc3cc(Cl)ccc3C23C(c2ccccc2)C(=O)N(OCc2ccccc2)C3c2ccccc2)cc1. The number of amidine groups is 1. The van der Waals surface area contributed by atoms with E-state index in [0.717, 1.165) is 16.7 Å². The average Bonchev–Trinajstić information content (AvgIpc) is 3.50. The predicted octanol–water partition coefficient (Wildman–Crippen LogP) is 7.60. The van der Waals surface area contributed by atoms with Crippen molar-refractivity contribution in [1.29, 1.82) is 0 Å². The van der Waals surface area contributed by atoms with Crippen molar-refractivity contribution in [2.75, 3.05) is 5.32 Å². The van der Waals surface area contributed by atoms with Crippen LogP contribution in [0.4, 0.5) is 5.69 Å². The second-order valence-electron chi connectivity index (χ2n) is 11.5. The maximum atomic E-state index is 14.9. The molecule has 1 N–H and O–H groups in total. The monoisotopic (exact) mass is 647 g/mol. The van der Waals surface area contributed by atoms with E-state index in [1.807, 2.05) is 104 Å². The summed E-state index contributed by atoms with van der Waals surface area (Å²) < 4.78 is 32.6. The number of nitrogens with zero attached hydrogens (tertiary/aromatic N) is 2. The van der Waals surface area contributed by atoms with Crippen LogP contribution in [0.25, 0.3) is 0 Å². The molecule has 5 aromatic rings. The Kier molecular flexibility index (Phi) is 7.72. The van der Waals surface area contributed by atoms with E-state index >= 15 is 0 Å². The van der Waals surface area contributed by atoms with Gasteiger partial charge in [0.05, 0.1) is 16.2 Å². The Morgan fingerprint density at radius 2 is 1.43 bits per heavy atom. The number of carbonyl (C=O) groups excluding carboxylic acids is 1. The van der Waals surface area contributed by atoms with Crippen molar-refractivity contribution in [3.8, 4) is 0 Å². The van der Waals surface area contributed by atoms with Crippen LogP contribution in [0.3, 0.4) is 0 Å². The zero-order chi connectivity index (χ0) is 31.9. The number of carbonyl (C=O) groups is 1. The molecule has 2 heterocycles. The normalized spacial score (nSPS) is 21.5. The largest absolute Gasteiger partial charge is 0.342 e. The Labute approximate surface area is 273 Å². The number of fused-ring (bicyclic) bond motifs is 2. The lowest BCUT2D eigenvalue weighted by molar-refractivity contribution is -0.198. The van der Waals surface area contributed by atoms with Crippen LogP contribution >= 0.6 is 11.6 Å². The van der Waals surface area contributed by atoms with Crippen molar-refractivity contribution < 1.29 is 18.0 Å². The minimum atomic E-state index is -4.23. The molecule has 3 atom stereocenters. The first-order valence-electron chi connectivity index (χ1n) is 14.9. The molecule has 0 aromatic heterocycles. The summed E-state index contributed by atoms with van der Waals surface area (Å²) in [6, 6.07) is 39.6. The van der Waals surface area contributed by atoms with E-state index < -0.39 is 27.4 Å². The minimum Gasteiger partial charge on any atom is -0.342 e. The summed E-state index contributed by atoms with van der Waals surface area (Å²) in [5.74, 6) is -1.11. The van der Waals surface area contributed by atoms with Crippen molar-refractivity contribution in [1.82, 2.24) is 5.06 Å². The fourth-order valence-electron chi connectivity index (χ4n) is 6.62. The number of amides is 1. The number of nitrogens with one attached hydrogen (secondary N) is 1. The summed E-state index contributed by atoms with van der Waals surface area (Å²) in [5.41, 5.74) is 3.17. The summed E-state index contributed by atoms with van der Waals surface area (Å²) in [7, 11) is -4.23. The Morgan fingerprint density at radius 1 is 0.826 bits per heavy atom. The van der Waals surface area contributed by atoms with E-state index in [2.05, 4.69) is 9.71 Å². The van der Waals surface area contributed by atoms with Gasteiger partial charge in [0.25, 0.3) is 15.9 Å². The van der Waals surface area contributed by atoms with E-state index in [-0.39, 0.29) is 23.2 Å². The third-order valence-corrected chi connectivity index (χ3v) is 10.2. The van der Waals surface area contributed by atoms with Crippen LogP contribution in [0.15, 0.2) is 143 Å². The van der Waals surface area contributed by atoms with Crippen LogP contribution in [-0.4, -0.2) is 25.2 Å². The first-order valence-corrected chi connectivity index (χ1v) is 16.7. The first kappa shape index (κ1) is 29.9. The van der Waals surface area contributed by atoms with Gasteiger partial charge in [-0.15, -0.1) is 4.40 Å². The minimum absolute atomic E-state index is 0.0468. The molecule has 5 aromatic carbocycles. The molecule has 230 valence electrons. The Bertz CT molecular complexity index is 2040. The number of hydrogen-bond donors (Lipinski definition) is 1. The van der Waals surface area contributed by atoms with Gasteiger partial charge in [0.2, 0.25) is 0 Å². The van der Waals surface area contributed by atoms with Gasteiger partial charge >= 0.3 is 0 Å². The van der Waals surface area contributed by atoms with Gasteiger partial charge in [-0.2, -0.15) is 8.42 Å². The number of benzene rings is 5. The Hall–Kier alpha value is -4.76. The van der Waals surface area contributed by atoms with Gasteiger partial charge in [-0.05, 0) is 53.4 Å². The van der Waals surface area contributed by atoms with Crippen molar-refractivity contribution in [2.24, 2.45) is 4.40 Å². The maximum Gasteiger partial charge on any atom is 0.283 e. The smallest absolute Gasteiger partial charge is 0.283 e. The summed E-state index contributed by atoms with van der Waals surface area (Å²) in [4.78, 5) is 21.4. The van der Waals surface area contributed by atoms with E-state index in [0.29, 0.717) is 21.8 Å². The number of hydrogen-bond acceptors (Lipinski definition) is 4. The lowest BCUT2D eigenvalue weighted by Gasteiger charge is -2.37. The van der Waals surface area contributed by atoms with Gasteiger partial charge in [-0.25, -0.2) is 5.06 Å². The highest BCUT2D eigenvalue weighted by molar-refractivity contribution is 7.90. The maximum absolute atomic E-state index is 14.9. The highest BCUT2D eigenvalue weighted by Gasteiger charge is 2.67. The Balaban J connectivity index is 1.52. The zero-order valence-electron chi connectivity index (χ0n) is 24.9. The molecule has 7 nitrogen and oxygen atoms in total. The van der Waals surface area contributed by atoms with Crippen LogP contribution in [0.5, 0.6) is 0 Å². The molecule has 2 aliphatic rings. The summed E-state index contributed by atoms with van der Waals surface area (Å²) >= 11 is 6.49. The van der Waals surface area contributed by atoms with E-state index in [1.54, 1.807) is 36.4 Å². The molecule has 46 heavy (non-hydrogen) atoms. The van der Waals surface area contributed by atoms with Crippen LogP contribution in [0.2, 0.25) is 5.02 Å². The third-order valence-electron chi connectivity index (χ3n) is 8.65. The van der Waals surface area contributed by atoms with E-state index in [9.17, 15) is 13.2 Å². The number of rotatable bonds is 7. The zero-order valence-corrected chi connectivity index (χ0v) is 26.4. The van der Waals surface area contributed by atoms with Gasteiger partial charge in [-0.1, -0.05) is 126 Å².